The molecule has 0 aliphatic carbocycles. The van der Waals surface area contributed by atoms with Gasteiger partial charge in [-0.2, -0.15) is 16.1 Å². The molecule has 1 aromatic carbocycles. The van der Waals surface area contributed by atoms with E-state index in [0.717, 1.165) is 17.6 Å². The van der Waals surface area contributed by atoms with Crippen molar-refractivity contribution in [1.29, 1.82) is 0 Å². The van der Waals surface area contributed by atoms with Gasteiger partial charge < -0.3 is 5.73 Å². The topological polar surface area (TPSA) is 107 Å². The highest BCUT2D eigenvalue weighted by molar-refractivity contribution is 7.99. The first-order valence-electron chi connectivity index (χ1n) is 5.55. The molecule has 2 N–H and O–H groups in total. The number of nitro benzene ring substituents is 1. The van der Waals surface area contributed by atoms with Crippen LogP contribution < -0.4 is 5.73 Å². The van der Waals surface area contributed by atoms with Gasteiger partial charge in [-0.25, -0.2) is 8.42 Å². The Morgan fingerprint density at radius 2 is 1.95 bits per heavy atom. The zero-order valence-corrected chi connectivity index (χ0v) is 11.6. The van der Waals surface area contributed by atoms with E-state index in [0.29, 0.717) is 13.1 Å². The fraction of sp³-hybridized carbons (Fsp3) is 0.400. The number of nitrogen functional groups attached to an aromatic ring is 1. The van der Waals surface area contributed by atoms with Gasteiger partial charge in [0.25, 0.3) is 5.69 Å². The lowest BCUT2D eigenvalue weighted by Crippen LogP contribution is -2.37. The summed E-state index contributed by atoms with van der Waals surface area (Å²) in [5.41, 5.74) is 5.03. The van der Waals surface area contributed by atoms with Crippen molar-refractivity contribution in [3.05, 3.63) is 28.3 Å². The molecule has 0 unspecified atom stereocenters. The largest absolute Gasteiger partial charge is 0.393 e. The third kappa shape index (κ3) is 2.82. The number of anilines is 1. The summed E-state index contributed by atoms with van der Waals surface area (Å²) in [5.74, 6) is 1.46. The van der Waals surface area contributed by atoms with Crippen LogP contribution in [0.5, 0.6) is 0 Å². The van der Waals surface area contributed by atoms with E-state index in [2.05, 4.69) is 0 Å². The number of rotatable bonds is 3. The summed E-state index contributed by atoms with van der Waals surface area (Å²) in [5, 5.41) is 10.8. The second kappa shape index (κ2) is 5.35. The van der Waals surface area contributed by atoms with Gasteiger partial charge in [0.15, 0.2) is 0 Å². The first kappa shape index (κ1) is 14.1. The Labute approximate surface area is 115 Å². The number of hydrogen-bond acceptors (Lipinski definition) is 6. The minimum Gasteiger partial charge on any atom is -0.393 e. The number of hydrogen-bond donors (Lipinski definition) is 1. The molecule has 7 nitrogen and oxygen atoms in total. The lowest BCUT2D eigenvalue weighted by atomic mass is 10.3. The SMILES string of the molecule is Nc1ccc(S(=O)(=O)N2CCSCC2)cc1[N+](=O)[O-]. The molecule has 0 atom stereocenters. The van der Waals surface area contributed by atoms with Gasteiger partial charge in [-0.1, -0.05) is 0 Å². The number of nitrogens with two attached hydrogens (primary N) is 1. The van der Waals surface area contributed by atoms with E-state index < -0.39 is 14.9 Å². The molecule has 1 saturated heterocycles. The van der Waals surface area contributed by atoms with Crippen molar-refractivity contribution < 1.29 is 13.3 Å². The van der Waals surface area contributed by atoms with Gasteiger partial charge in [0.2, 0.25) is 10.0 Å². The highest BCUT2D eigenvalue weighted by Gasteiger charge is 2.28. The highest BCUT2D eigenvalue weighted by atomic mass is 32.2. The fourth-order valence-electron chi connectivity index (χ4n) is 1.78. The Kier molecular flexibility index (Phi) is 3.97. The lowest BCUT2D eigenvalue weighted by molar-refractivity contribution is -0.384. The second-order valence-electron chi connectivity index (χ2n) is 3.99. The van der Waals surface area contributed by atoms with E-state index in [1.54, 1.807) is 11.8 Å². The maximum Gasteiger partial charge on any atom is 0.293 e. The molecule has 0 bridgehead atoms. The van der Waals surface area contributed by atoms with Crippen molar-refractivity contribution in [3.63, 3.8) is 0 Å². The van der Waals surface area contributed by atoms with Crippen molar-refractivity contribution in [2.45, 2.75) is 4.90 Å². The van der Waals surface area contributed by atoms with E-state index in [1.807, 2.05) is 0 Å². The number of benzene rings is 1. The van der Waals surface area contributed by atoms with Gasteiger partial charge in [0, 0.05) is 30.7 Å². The Hall–Kier alpha value is -1.32. The number of thioether (sulfide) groups is 1. The zero-order chi connectivity index (χ0) is 14.0. The van der Waals surface area contributed by atoms with Crippen molar-refractivity contribution in [1.82, 2.24) is 4.31 Å². The Morgan fingerprint density at radius 1 is 1.32 bits per heavy atom. The maximum absolute atomic E-state index is 12.3. The third-order valence-corrected chi connectivity index (χ3v) is 5.64. The first-order chi connectivity index (χ1) is 8.93. The lowest BCUT2D eigenvalue weighted by Gasteiger charge is -2.25. The van der Waals surface area contributed by atoms with E-state index in [9.17, 15) is 18.5 Å². The van der Waals surface area contributed by atoms with Crippen molar-refractivity contribution in [2.75, 3.05) is 30.3 Å². The summed E-state index contributed by atoms with van der Waals surface area (Å²) in [7, 11) is -3.67. The molecule has 0 saturated carbocycles. The number of nitrogens with zero attached hydrogens (tertiary/aromatic N) is 2. The maximum atomic E-state index is 12.3. The molecule has 0 radical (unpaired) electrons. The molecule has 1 aromatic rings. The van der Waals surface area contributed by atoms with E-state index in [4.69, 9.17) is 5.73 Å². The molecule has 19 heavy (non-hydrogen) atoms. The Balaban J connectivity index is 2.40. The molecule has 1 aliphatic heterocycles. The third-order valence-electron chi connectivity index (χ3n) is 2.81. The van der Waals surface area contributed by atoms with Crippen molar-refractivity contribution >= 4 is 33.2 Å². The predicted octanol–water partition coefficient (Wildman–Crippen LogP) is 0.915. The molecule has 1 heterocycles. The summed E-state index contributed by atoms with van der Waals surface area (Å²) >= 11 is 1.69. The van der Waals surface area contributed by atoms with Gasteiger partial charge in [-0.05, 0) is 12.1 Å². The molecular weight excluding hydrogens is 290 g/mol. The monoisotopic (exact) mass is 303 g/mol. The van der Waals surface area contributed by atoms with E-state index in [-0.39, 0.29) is 16.3 Å². The van der Waals surface area contributed by atoms with Crippen LogP contribution in [0.2, 0.25) is 0 Å². The van der Waals surface area contributed by atoms with Crippen LogP contribution >= 0.6 is 11.8 Å². The molecule has 0 spiro atoms. The Bertz CT molecular complexity index is 597. The van der Waals surface area contributed by atoms with Crippen LogP contribution in [0.1, 0.15) is 0 Å². The van der Waals surface area contributed by atoms with Crippen molar-refractivity contribution in [2.24, 2.45) is 0 Å². The van der Waals surface area contributed by atoms with Crippen molar-refractivity contribution in [3.8, 4) is 0 Å². The molecule has 2 rings (SSSR count). The average molecular weight is 303 g/mol. The summed E-state index contributed by atoms with van der Waals surface area (Å²) in [4.78, 5) is 10.0. The standard InChI is InChI=1S/C10H13N3O4S2/c11-9-2-1-8(7-10(9)13(14)15)19(16,17)12-3-5-18-6-4-12/h1-2,7H,3-6,11H2. The minimum absolute atomic E-state index is 0.0434. The Morgan fingerprint density at radius 3 is 2.53 bits per heavy atom. The quantitative estimate of drug-likeness (QED) is 0.505. The van der Waals surface area contributed by atoms with Crippen LogP contribution in [0.3, 0.4) is 0 Å². The summed E-state index contributed by atoms with van der Waals surface area (Å²) < 4.78 is 26.0. The van der Waals surface area contributed by atoms with E-state index >= 15 is 0 Å². The van der Waals surface area contributed by atoms with E-state index in [1.165, 1.54) is 16.4 Å². The normalized spacial score (nSPS) is 17.3. The molecule has 1 aliphatic rings. The van der Waals surface area contributed by atoms with Gasteiger partial charge in [0.1, 0.15) is 5.69 Å². The highest BCUT2D eigenvalue weighted by Crippen LogP contribution is 2.27. The number of sulfonamides is 1. The van der Waals surface area contributed by atoms with Gasteiger partial charge in [-0.15, -0.1) is 0 Å². The number of nitro groups is 1. The molecule has 9 heteroatoms. The molecule has 1 fully saturated rings. The van der Waals surface area contributed by atoms with Crippen LogP contribution in [-0.2, 0) is 10.0 Å². The molecular formula is C10H13N3O4S2. The predicted molar refractivity (Wildman–Crippen MR) is 73.6 cm³/mol. The minimum atomic E-state index is -3.67. The second-order valence-corrected chi connectivity index (χ2v) is 7.16. The van der Waals surface area contributed by atoms with Gasteiger partial charge in [0.05, 0.1) is 9.82 Å². The summed E-state index contributed by atoms with van der Waals surface area (Å²) in [6.07, 6.45) is 0. The van der Waals surface area contributed by atoms with Crippen LogP contribution in [0.25, 0.3) is 0 Å². The van der Waals surface area contributed by atoms with Crippen LogP contribution in [0, 0.1) is 10.1 Å². The summed E-state index contributed by atoms with van der Waals surface area (Å²) in [6, 6.07) is 3.58. The smallest absolute Gasteiger partial charge is 0.293 e. The van der Waals surface area contributed by atoms with Crippen LogP contribution in [-0.4, -0.2) is 42.2 Å². The fourth-order valence-corrected chi connectivity index (χ4v) is 4.37. The zero-order valence-electron chi connectivity index (χ0n) is 9.98. The molecule has 0 amide bonds. The summed E-state index contributed by atoms with van der Waals surface area (Å²) in [6.45, 7) is 0.844. The average Bonchev–Trinajstić information content (AvgIpc) is 2.39. The van der Waals surface area contributed by atoms with Crippen LogP contribution in [0.15, 0.2) is 23.1 Å². The first-order valence-corrected chi connectivity index (χ1v) is 8.14. The molecule has 0 aromatic heterocycles. The van der Waals surface area contributed by atoms with Gasteiger partial charge >= 0.3 is 0 Å². The molecule has 104 valence electrons. The van der Waals surface area contributed by atoms with Gasteiger partial charge in [-0.3, -0.25) is 10.1 Å². The van der Waals surface area contributed by atoms with Crippen LogP contribution in [0.4, 0.5) is 11.4 Å².